The first-order valence-electron chi connectivity index (χ1n) is 23.0. The number of rotatable bonds is 12. The molecule has 1 saturated carbocycles. The molecule has 3 fully saturated rings. The van der Waals surface area contributed by atoms with Gasteiger partial charge < -0.3 is 34.1 Å². The van der Waals surface area contributed by atoms with Gasteiger partial charge in [0.1, 0.15) is 0 Å². The smallest absolute Gasteiger partial charge is 0.344 e. The average molecular weight is 882 g/mol. The van der Waals surface area contributed by atoms with Gasteiger partial charge in [-0.3, -0.25) is 19.4 Å². The second-order valence-electron chi connectivity index (χ2n) is 19.2. The van der Waals surface area contributed by atoms with Crippen LogP contribution in [0.1, 0.15) is 64.9 Å². The van der Waals surface area contributed by atoms with E-state index in [0.717, 1.165) is 54.8 Å². The van der Waals surface area contributed by atoms with Crippen LogP contribution >= 0.6 is 11.8 Å². The van der Waals surface area contributed by atoms with Crippen LogP contribution in [0.5, 0.6) is 0 Å². The van der Waals surface area contributed by atoms with Crippen LogP contribution in [0.15, 0.2) is 75.8 Å². The van der Waals surface area contributed by atoms with E-state index >= 15 is 4.79 Å². The van der Waals surface area contributed by atoms with E-state index in [2.05, 4.69) is 65.3 Å². The summed E-state index contributed by atoms with van der Waals surface area (Å²) in [7, 11) is 7.01. The number of ether oxygens (including phenoxy) is 4. The summed E-state index contributed by atoms with van der Waals surface area (Å²) < 4.78 is 24.3. The van der Waals surface area contributed by atoms with Crippen LogP contribution < -0.4 is 5.46 Å². The zero-order valence-electron chi connectivity index (χ0n) is 38.0. The highest BCUT2D eigenvalue weighted by atomic mass is 32.2. The van der Waals surface area contributed by atoms with Gasteiger partial charge in [-0.25, -0.2) is 4.79 Å². The predicted octanol–water partition coefficient (Wildman–Crippen LogP) is 3.81. The molecule has 3 unspecified atom stereocenters. The molecule has 1 aromatic carbocycles. The summed E-state index contributed by atoms with van der Waals surface area (Å²) in [5, 5.41) is 22.8. The van der Waals surface area contributed by atoms with Crippen LogP contribution in [0.3, 0.4) is 0 Å². The van der Waals surface area contributed by atoms with E-state index in [1.54, 1.807) is 18.9 Å². The molecule has 6 aliphatic heterocycles. The molecule has 2 bridgehead atoms. The van der Waals surface area contributed by atoms with Crippen LogP contribution in [0.4, 0.5) is 0 Å². The van der Waals surface area contributed by atoms with Crippen molar-refractivity contribution in [2.75, 3.05) is 73.5 Å². The highest BCUT2D eigenvalue weighted by Gasteiger charge is 2.81. The second kappa shape index (κ2) is 16.7. The van der Waals surface area contributed by atoms with E-state index < -0.39 is 58.0 Å². The van der Waals surface area contributed by atoms with Gasteiger partial charge in [-0.1, -0.05) is 60.7 Å². The van der Waals surface area contributed by atoms with Crippen molar-refractivity contribution in [3.8, 4) is 0 Å². The van der Waals surface area contributed by atoms with Crippen molar-refractivity contribution in [3.05, 3.63) is 76.5 Å². The summed E-state index contributed by atoms with van der Waals surface area (Å²) in [6, 6.07) is 5.61. The minimum Gasteiger partial charge on any atom is -0.468 e. The maximum atomic E-state index is 15.5. The van der Waals surface area contributed by atoms with Gasteiger partial charge in [0, 0.05) is 87.2 Å². The Morgan fingerprint density at radius 2 is 1.81 bits per heavy atom. The summed E-state index contributed by atoms with van der Waals surface area (Å²) in [5.74, 6) is -1.24. The summed E-state index contributed by atoms with van der Waals surface area (Å²) >= 11 is 1.80. The quantitative estimate of drug-likeness (QED) is 0.0788. The van der Waals surface area contributed by atoms with Gasteiger partial charge in [0.15, 0.2) is 13.4 Å². The number of hydrogen-bond acceptors (Lipinski definition) is 13. The molecule has 1 spiro atoms. The third kappa shape index (κ3) is 6.38. The zero-order valence-corrected chi connectivity index (χ0v) is 38.8. The van der Waals surface area contributed by atoms with Crippen molar-refractivity contribution in [3.63, 3.8) is 0 Å². The van der Waals surface area contributed by atoms with Crippen molar-refractivity contribution in [2.45, 2.75) is 94.1 Å². The molecule has 0 aromatic heterocycles. The van der Waals surface area contributed by atoms with Gasteiger partial charge in [0.05, 0.1) is 31.8 Å². The van der Waals surface area contributed by atoms with E-state index in [-0.39, 0.29) is 24.5 Å². The predicted molar refractivity (Wildman–Crippen MR) is 243 cm³/mol. The molecule has 2 N–H and O–H groups in total. The van der Waals surface area contributed by atoms with E-state index in [0.29, 0.717) is 46.2 Å². The Labute approximate surface area is 377 Å². The lowest BCUT2D eigenvalue weighted by molar-refractivity contribution is -0.243. The molecule has 2 saturated heterocycles. The molecule has 9 rings (SSSR count). The Kier molecular flexibility index (Phi) is 11.8. The molecule has 8 aliphatic rings. The van der Waals surface area contributed by atoms with Crippen LogP contribution in [-0.2, 0) is 33.3 Å². The Balaban J connectivity index is 1.28. The van der Waals surface area contributed by atoms with Gasteiger partial charge >= 0.3 is 17.9 Å². The lowest BCUT2D eigenvalue weighted by Gasteiger charge is -2.63. The van der Waals surface area contributed by atoms with Crippen molar-refractivity contribution in [2.24, 2.45) is 28.1 Å². The topological polar surface area (TPSA) is 138 Å². The number of methoxy groups -OCH3 is 3. The lowest BCUT2D eigenvalue weighted by Crippen LogP contribution is -2.79. The first-order valence-corrected chi connectivity index (χ1v) is 24.0. The fraction of sp³-hybridized carbons (Fsp3) is 0.612. The number of hydrogen-bond donors (Lipinski definition) is 2. The Bertz CT molecular complexity index is 2220. The number of aliphatic hydroxyl groups excluding tert-OH is 1. The maximum Gasteiger partial charge on any atom is 0.344 e. The number of thioether (sulfide) groups is 1. The van der Waals surface area contributed by atoms with E-state index in [4.69, 9.17) is 18.9 Å². The highest BCUT2D eigenvalue weighted by molar-refractivity contribution is 7.99. The van der Waals surface area contributed by atoms with E-state index in [1.807, 2.05) is 18.9 Å². The summed E-state index contributed by atoms with van der Waals surface area (Å²) in [4.78, 5) is 51.2. The lowest BCUT2D eigenvalue weighted by atomic mass is 9.46. The monoisotopic (exact) mass is 881 g/mol. The third-order valence-electron chi connectivity index (χ3n) is 16.4. The standard InChI is InChI=1S/C49H64BN3O9S/c1-8-30-21-31-25-48(44(56)60-6,40-34(28-52(26-30)27-31)33-22-32(13-14-37(33)50-40)63-20-11-10-19-54)36-23-35-38(24-39(36)59-5)51(4)42-47(35)16-18-53-17-12-15-46(9-2,41(47)53)43(62-29(3)55)49(42,58)45(57)61-7/h12-15,21-24,31,36,39,41-43,50,54,58H,8-11,16-20,25-28H2,1-7H3/t31-,36?,39?,41+,42-,43-,46-,47-,48+,49+/m1/s1. The van der Waals surface area contributed by atoms with Gasteiger partial charge in [-0.2, -0.15) is 0 Å². The molecule has 2 aliphatic carbocycles. The number of likely N-dealkylation sites (N-methyl/N-ethyl adjacent to an activating group) is 1. The minimum atomic E-state index is -2.26. The number of benzene rings is 1. The average Bonchev–Trinajstić information content (AvgIpc) is 3.93. The molecule has 6 heterocycles. The Morgan fingerprint density at radius 3 is 2.51 bits per heavy atom. The Morgan fingerprint density at radius 1 is 1.02 bits per heavy atom. The summed E-state index contributed by atoms with van der Waals surface area (Å²) in [5.41, 5.74) is 2.63. The zero-order chi connectivity index (χ0) is 44.6. The molecular formula is C49H64BN3O9S. The normalized spacial score (nSPS) is 37.2. The fourth-order valence-electron chi connectivity index (χ4n) is 14.2. The molecule has 14 heteroatoms. The van der Waals surface area contributed by atoms with Crippen molar-refractivity contribution < 1.29 is 43.5 Å². The molecule has 63 heavy (non-hydrogen) atoms. The molecule has 0 amide bonds. The number of esters is 3. The number of nitrogens with zero attached hydrogens (tertiary/aromatic N) is 3. The van der Waals surface area contributed by atoms with Gasteiger partial charge in [-0.05, 0) is 91.7 Å². The number of likely N-dealkylation sites (tertiary alicyclic amines) is 1. The highest BCUT2D eigenvalue weighted by Crippen LogP contribution is 2.70. The first-order chi connectivity index (χ1) is 30.3. The molecule has 0 radical (unpaired) electrons. The maximum absolute atomic E-state index is 15.5. The van der Waals surface area contributed by atoms with Crippen LogP contribution in [0.2, 0.25) is 0 Å². The molecular weight excluding hydrogens is 817 g/mol. The van der Waals surface area contributed by atoms with E-state index in [9.17, 15) is 19.8 Å². The van der Waals surface area contributed by atoms with Crippen molar-refractivity contribution in [1.82, 2.24) is 14.7 Å². The van der Waals surface area contributed by atoms with Crippen LogP contribution in [0, 0.1) is 28.1 Å². The van der Waals surface area contributed by atoms with Gasteiger partial charge in [-0.15, -0.1) is 11.8 Å². The fourth-order valence-corrected chi connectivity index (χ4v) is 15.1. The number of aliphatic hydroxyl groups is 2. The van der Waals surface area contributed by atoms with Crippen molar-refractivity contribution >= 4 is 48.0 Å². The first kappa shape index (κ1) is 44.5. The largest absolute Gasteiger partial charge is 0.468 e. The van der Waals surface area contributed by atoms with Crippen LogP contribution in [-0.4, -0.2) is 153 Å². The molecule has 338 valence electrons. The summed E-state index contributed by atoms with van der Waals surface area (Å²) in [6.07, 6.45) is 13.4. The number of fused-ring (bicyclic) bond motifs is 5. The second-order valence-corrected chi connectivity index (χ2v) is 20.4. The van der Waals surface area contributed by atoms with E-state index in [1.165, 1.54) is 48.2 Å². The SMILES string of the molecule is CCC1=C[C@H]2CN(C1)CC1=C(Bc3ccc(SCCCCO)cc31)[C@@](C(=O)OC)(C1C=C3C(=CC1OC)N(C)[C@H]1[C@@](O)(C(=O)OC)[C@H](OC(C)=O)[C@]4(CC)C=CCN5CC[C@]31[C@@H]54)C2. The minimum absolute atomic E-state index is 0.0726. The number of carbonyl (C=O) groups is 3. The Hall–Kier alpha value is -3.66. The number of allylic oxidation sites excluding steroid dienone is 1. The van der Waals surface area contributed by atoms with Crippen LogP contribution in [0.25, 0.3) is 5.57 Å². The number of carbonyl (C=O) groups excluding carboxylic acids is 3. The molecule has 12 nitrogen and oxygen atoms in total. The molecule has 1 aromatic rings. The molecule has 11 atom stereocenters. The van der Waals surface area contributed by atoms with Gasteiger partial charge in [0.25, 0.3) is 0 Å². The van der Waals surface area contributed by atoms with Crippen molar-refractivity contribution in [1.29, 1.82) is 0 Å². The number of unbranched alkanes of at least 4 members (excludes halogenated alkanes) is 1. The third-order valence-corrected chi connectivity index (χ3v) is 17.5. The van der Waals surface area contributed by atoms with Gasteiger partial charge in [0.2, 0.25) is 5.60 Å². The summed E-state index contributed by atoms with van der Waals surface area (Å²) in [6.45, 7) is 9.55.